The minimum atomic E-state index is -0.771. The summed E-state index contributed by atoms with van der Waals surface area (Å²) >= 11 is 0. The molecule has 0 amide bonds. The topological polar surface area (TPSA) is 35.5 Å². The molecule has 74 valence electrons. The van der Waals surface area contributed by atoms with Crippen LogP contribution in [-0.4, -0.2) is 19.0 Å². The summed E-state index contributed by atoms with van der Waals surface area (Å²) in [5, 5.41) is 0. The molecule has 1 fully saturated rings. The van der Waals surface area contributed by atoms with Crippen LogP contribution in [0, 0.1) is 0 Å². The third-order valence-corrected chi connectivity index (χ3v) is 2.35. The minimum Gasteiger partial charge on any atom is -0.343 e. The van der Waals surface area contributed by atoms with Crippen LogP contribution in [0.5, 0.6) is 0 Å². The van der Waals surface area contributed by atoms with Gasteiger partial charge in [0.1, 0.15) is 6.10 Å². The molecule has 0 spiro atoms. The summed E-state index contributed by atoms with van der Waals surface area (Å²) in [6, 6.07) is 9.61. The van der Waals surface area contributed by atoms with Crippen LogP contribution in [0.1, 0.15) is 12.5 Å². The molecule has 1 heterocycles. The molecular weight excluding hydrogens is 180 g/mol. The molecule has 1 aromatic rings. The summed E-state index contributed by atoms with van der Waals surface area (Å²) in [6.07, 6.45) is 0.328. The van der Waals surface area contributed by atoms with E-state index in [1.807, 2.05) is 37.3 Å². The van der Waals surface area contributed by atoms with E-state index in [0.717, 1.165) is 11.8 Å². The van der Waals surface area contributed by atoms with Crippen molar-refractivity contribution >= 4 is 6.29 Å². The van der Waals surface area contributed by atoms with E-state index in [4.69, 9.17) is 9.47 Å². The summed E-state index contributed by atoms with van der Waals surface area (Å²) in [6.45, 7) is 2.15. The summed E-state index contributed by atoms with van der Waals surface area (Å²) < 4.78 is 11.0. The van der Waals surface area contributed by atoms with Gasteiger partial charge in [-0.3, -0.25) is 0 Å². The Morgan fingerprint density at radius 1 is 1.43 bits per heavy atom. The number of carbonyl (C=O) groups excluding carboxylic acids is 1. The Morgan fingerprint density at radius 2 is 2.14 bits per heavy atom. The number of ether oxygens (including phenoxy) is 2. The van der Waals surface area contributed by atoms with Crippen LogP contribution in [-0.2, 0) is 20.1 Å². The van der Waals surface area contributed by atoms with Crippen LogP contribution in [0.15, 0.2) is 30.3 Å². The number of aldehydes is 1. The van der Waals surface area contributed by atoms with Crippen molar-refractivity contribution in [2.75, 3.05) is 6.61 Å². The second kappa shape index (κ2) is 3.52. The fourth-order valence-electron chi connectivity index (χ4n) is 1.56. The van der Waals surface area contributed by atoms with Crippen LogP contribution in [0.2, 0.25) is 0 Å². The van der Waals surface area contributed by atoms with Gasteiger partial charge in [-0.1, -0.05) is 30.3 Å². The van der Waals surface area contributed by atoms with E-state index in [1.54, 1.807) is 0 Å². The lowest BCUT2D eigenvalue weighted by Gasteiger charge is -2.22. The number of hydrogen-bond acceptors (Lipinski definition) is 3. The summed E-state index contributed by atoms with van der Waals surface area (Å²) in [7, 11) is 0. The second-order valence-corrected chi connectivity index (χ2v) is 3.42. The van der Waals surface area contributed by atoms with E-state index in [2.05, 4.69) is 0 Å². The van der Waals surface area contributed by atoms with Crippen LogP contribution < -0.4 is 0 Å². The molecule has 3 nitrogen and oxygen atoms in total. The Labute approximate surface area is 82.6 Å². The molecule has 0 saturated carbocycles. The highest BCUT2D eigenvalue weighted by atomic mass is 16.7. The van der Waals surface area contributed by atoms with Gasteiger partial charge in [0.25, 0.3) is 0 Å². The molecule has 2 unspecified atom stereocenters. The van der Waals surface area contributed by atoms with Crippen molar-refractivity contribution in [3.8, 4) is 0 Å². The third-order valence-electron chi connectivity index (χ3n) is 2.35. The van der Waals surface area contributed by atoms with Crippen LogP contribution in [0.4, 0.5) is 0 Å². The molecule has 14 heavy (non-hydrogen) atoms. The fraction of sp³-hybridized carbons (Fsp3) is 0.364. The van der Waals surface area contributed by atoms with Gasteiger partial charge >= 0.3 is 0 Å². The molecule has 0 aromatic heterocycles. The van der Waals surface area contributed by atoms with E-state index in [0.29, 0.717) is 6.61 Å². The van der Waals surface area contributed by atoms with E-state index in [-0.39, 0.29) is 0 Å². The summed E-state index contributed by atoms with van der Waals surface area (Å²) in [5.74, 6) is -0.771. The quantitative estimate of drug-likeness (QED) is 0.666. The van der Waals surface area contributed by atoms with Crippen molar-refractivity contribution in [1.82, 2.24) is 0 Å². The van der Waals surface area contributed by atoms with Crippen molar-refractivity contribution in [3.63, 3.8) is 0 Å². The average molecular weight is 192 g/mol. The smallest absolute Gasteiger partial charge is 0.193 e. The molecule has 0 N–H and O–H groups in total. The highest BCUT2D eigenvalue weighted by molar-refractivity contribution is 5.56. The monoisotopic (exact) mass is 192 g/mol. The van der Waals surface area contributed by atoms with Gasteiger partial charge in [-0.25, -0.2) is 0 Å². The van der Waals surface area contributed by atoms with Gasteiger partial charge < -0.3 is 14.3 Å². The first-order chi connectivity index (χ1) is 6.74. The maximum absolute atomic E-state index is 10.5. The Hall–Kier alpha value is -1.19. The Kier molecular flexibility index (Phi) is 2.35. The summed E-state index contributed by atoms with van der Waals surface area (Å²) in [4.78, 5) is 10.5. The lowest BCUT2D eigenvalue weighted by Crippen LogP contribution is -2.24. The number of benzene rings is 1. The molecule has 3 heteroatoms. The molecule has 2 atom stereocenters. The van der Waals surface area contributed by atoms with Crippen LogP contribution in [0.25, 0.3) is 0 Å². The SMILES string of the molecule is CC1(c2ccccc2)OCC(C=O)O1. The lowest BCUT2D eigenvalue weighted by molar-refractivity contribution is -0.163. The van der Waals surface area contributed by atoms with E-state index < -0.39 is 11.9 Å². The second-order valence-electron chi connectivity index (χ2n) is 3.42. The van der Waals surface area contributed by atoms with Crippen molar-refractivity contribution < 1.29 is 14.3 Å². The maximum atomic E-state index is 10.5. The first kappa shape index (κ1) is 9.37. The Bertz CT molecular complexity index is 323. The van der Waals surface area contributed by atoms with Crippen LogP contribution >= 0.6 is 0 Å². The van der Waals surface area contributed by atoms with Crippen molar-refractivity contribution in [1.29, 1.82) is 0 Å². The molecule has 0 aliphatic carbocycles. The number of rotatable bonds is 2. The van der Waals surface area contributed by atoms with Gasteiger partial charge in [0.2, 0.25) is 0 Å². The van der Waals surface area contributed by atoms with Gasteiger partial charge in [0.05, 0.1) is 6.61 Å². The van der Waals surface area contributed by atoms with Gasteiger partial charge in [-0.15, -0.1) is 0 Å². The van der Waals surface area contributed by atoms with Crippen molar-refractivity contribution in [2.24, 2.45) is 0 Å². The lowest BCUT2D eigenvalue weighted by atomic mass is 10.1. The normalized spacial score (nSPS) is 31.6. The first-order valence-electron chi connectivity index (χ1n) is 4.57. The van der Waals surface area contributed by atoms with Gasteiger partial charge in [-0.2, -0.15) is 0 Å². The molecule has 1 saturated heterocycles. The molecule has 1 aliphatic heterocycles. The zero-order valence-electron chi connectivity index (χ0n) is 7.97. The highest BCUT2D eigenvalue weighted by Crippen LogP contribution is 2.32. The highest BCUT2D eigenvalue weighted by Gasteiger charge is 2.38. The molecule has 1 aliphatic rings. The zero-order chi connectivity index (χ0) is 10.0. The minimum absolute atomic E-state index is 0.328. The molecule has 0 radical (unpaired) electrons. The average Bonchev–Trinajstić information content (AvgIpc) is 2.63. The number of hydrogen-bond donors (Lipinski definition) is 0. The Morgan fingerprint density at radius 3 is 2.71 bits per heavy atom. The predicted octanol–water partition coefficient (Wildman–Crippen LogP) is 1.47. The van der Waals surface area contributed by atoms with Crippen molar-refractivity contribution in [2.45, 2.75) is 18.8 Å². The third kappa shape index (κ3) is 1.56. The molecule has 1 aromatic carbocycles. The summed E-state index contributed by atoms with van der Waals surface area (Å²) in [5.41, 5.74) is 0.935. The predicted molar refractivity (Wildman–Crippen MR) is 50.7 cm³/mol. The van der Waals surface area contributed by atoms with E-state index in [9.17, 15) is 4.79 Å². The van der Waals surface area contributed by atoms with E-state index >= 15 is 0 Å². The zero-order valence-corrected chi connectivity index (χ0v) is 7.97. The van der Waals surface area contributed by atoms with Crippen LogP contribution in [0.3, 0.4) is 0 Å². The van der Waals surface area contributed by atoms with Crippen molar-refractivity contribution in [3.05, 3.63) is 35.9 Å². The Balaban J connectivity index is 2.22. The molecule has 0 bridgehead atoms. The molecular formula is C11H12O3. The number of carbonyl (C=O) groups is 1. The standard InChI is InChI=1S/C11H12O3/c1-11(9-5-3-2-4-6-9)13-8-10(7-12)14-11/h2-7,10H,8H2,1H3. The maximum Gasteiger partial charge on any atom is 0.193 e. The largest absolute Gasteiger partial charge is 0.343 e. The first-order valence-corrected chi connectivity index (χ1v) is 4.57. The van der Waals surface area contributed by atoms with E-state index in [1.165, 1.54) is 0 Å². The van der Waals surface area contributed by atoms with Gasteiger partial charge in [0.15, 0.2) is 12.1 Å². The van der Waals surface area contributed by atoms with Gasteiger partial charge in [-0.05, 0) is 6.92 Å². The molecule has 2 rings (SSSR count). The van der Waals surface area contributed by atoms with Gasteiger partial charge in [0, 0.05) is 5.56 Å². The fourth-order valence-corrected chi connectivity index (χ4v) is 1.56.